The maximum absolute atomic E-state index is 5.28. The average molecular weight is 414 g/mol. The first-order valence-electron chi connectivity index (χ1n) is 10.5. The minimum atomic E-state index is 0.312. The molecule has 1 atom stereocenters. The lowest BCUT2D eigenvalue weighted by Gasteiger charge is -2.13. The Balaban J connectivity index is 1.74. The number of hydrogen-bond acceptors (Lipinski definition) is 6. The smallest absolute Gasteiger partial charge is 0.165 e. The Morgan fingerprint density at radius 2 is 1.81 bits per heavy atom. The summed E-state index contributed by atoms with van der Waals surface area (Å²) in [4.78, 5) is 18.6. The molecule has 158 valence electrons. The van der Waals surface area contributed by atoms with Crippen molar-refractivity contribution in [3.63, 3.8) is 0 Å². The van der Waals surface area contributed by atoms with Crippen LogP contribution in [0.1, 0.15) is 43.1 Å². The van der Waals surface area contributed by atoms with Crippen LogP contribution < -0.4 is 5.32 Å². The first-order valence-corrected chi connectivity index (χ1v) is 10.5. The van der Waals surface area contributed by atoms with Crippen LogP contribution in [-0.2, 0) is 11.3 Å². The van der Waals surface area contributed by atoms with Gasteiger partial charge in [-0.3, -0.25) is 4.98 Å². The van der Waals surface area contributed by atoms with Crippen molar-refractivity contribution in [3.8, 4) is 11.4 Å². The van der Waals surface area contributed by atoms with Crippen LogP contribution in [0.3, 0.4) is 0 Å². The van der Waals surface area contributed by atoms with Crippen molar-refractivity contribution < 1.29 is 4.74 Å². The standard InChI is InChI=1S/C25H27N5O/c1-5-16(2)18-8-10-19(11-9-18)27-24-20-12-13-21(23-17(3)7-6-14-26-23)28-25(20)30-22(29-24)15-31-4/h6-14,16H,5,15H2,1-4H3,(H,27,28,29,30). The van der Waals surface area contributed by atoms with Crippen LogP contribution in [0, 0.1) is 6.92 Å². The monoisotopic (exact) mass is 413 g/mol. The van der Waals surface area contributed by atoms with E-state index in [-0.39, 0.29) is 0 Å². The summed E-state index contributed by atoms with van der Waals surface area (Å²) in [6.45, 7) is 6.78. The molecule has 1 unspecified atom stereocenters. The molecule has 3 heterocycles. The van der Waals surface area contributed by atoms with Gasteiger partial charge in [-0.1, -0.05) is 32.0 Å². The molecule has 0 amide bonds. The highest BCUT2D eigenvalue weighted by Crippen LogP contribution is 2.28. The number of fused-ring (bicyclic) bond motifs is 1. The summed E-state index contributed by atoms with van der Waals surface area (Å²) in [7, 11) is 1.63. The summed E-state index contributed by atoms with van der Waals surface area (Å²) in [6.07, 6.45) is 2.90. The maximum atomic E-state index is 5.28. The lowest BCUT2D eigenvalue weighted by atomic mass is 9.99. The number of pyridine rings is 2. The molecule has 4 aromatic rings. The van der Waals surface area contributed by atoms with E-state index in [0.29, 0.717) is 29.8 Å². The van der Waals surface area contributed by atoms with Gasteiger partial charge < -0.3 is 10.1 Å². The van der Waals surface area contributed by atoms with Crippen molar-refractivity contribution in [1.29, 1.82) is 0 Å². The van der Waals surface area contributed by atoms with Gasteiger partial charge >= 0.3 is 0 Å². The Labute approximate surface area is 182 Å². The first-order chi connectivity index (χ1) is 15.1. The minimum absolute atomic E-state index is 0.312. The number of aryl methyl sites for hydroxylation is 1. The van der Waals surface area contributed by atoms with E-state index < -0.39 is 0 Å². The predicted molar refractivity (Wildman–Crippen MR) is 124 cm³/mol. The van der Waals surface area contributed by atoms with E-state index in [1.54, 1.807) is 13.3 Å². The zero-order valence-electron chi connectivity index (χ0n) is 18.4. The van der Waals surface area contributed by atoms with Crippen molar-refractivity contribution in [2.45, 2.75) is 39.7 Å². The average Bonchev–Trinajstić information content (AvgIpc) is 2.79. The van der Waals surface area contributed by atoms with E-state index in [4.69, 9.17) is 9.72 Å². The van der Waals surface area contributed by atoms with Gasteiger partial charge in [0.1, 0.15) is 12.4 Å². The molecular formula is C25H27N5O. The Bertz CT molecular complexity index is 1190. The van der Waals surface area contributed by atoms with E-state index in [9.17, 15) is 0 Å². The molecule has 0 aliphatic rings. The summed E-state index contributed by atoms with van der Waals surface area (Å²) in [5, 5.41) is 4.29. The second kappa shape index (κ2) is 9.18. The molecule has 6 nitrogen and oxygen atoms in total. The van der Waals surface area contributed by atoms with Crippen molar-refractivity contribution in [2.24, 2.45) is 0 Å². The Hall–Kier alpha value is -3.38. The van der Waals surface area contributed by atoms with Crippen LogP contribution >= 0.6 is 0 Å². The number of anilines is 2. The summed E-state index contributed by atoms with van der Waals surface area (Å²) >= 11 is 0. The van der Waals surface area contributed by atoms with Gasteiger partial charge in [0.15, 0.2) is 11.5 Å². The lowest BCUT2D eigenvalue weighted by Crippen LogP contribution is -2.04. The Kier molecular flexibility index (Phi) is 6.18. The predicted octanol–water partition coefficient (Wildman–Crippen LogP) is 5.80. The van der Waals surface area contributed by atoms with E-state index in [1.165, 1.54) is 5.56 Å². The number of rotatable bonds is 7. The SMILES string of the molecule is CCC(C)c1ccc(Nc2nc(COC)nc3nc(-c4ncccc4C)ccc23)cc1. The van der Waals surface area contributed by atoms with Crippen LogP contribution in [0.5, 0.6) is 0 Å². The molecule has 31 heavy (non-hydrogen) atoms. The highest BCUT2D eigenvalue weighted by Gasteiger charge is 2.13. The van der Waals surface area contributed by atoms with Gasteiger partial charge in [-0.05, 0) is 60.7 Å². The van der Waals surface area contributed by atoms with Crippen LogP contribution in [0.25, 0.3) is 22.4 Å². The quantitative estimate of drug-likeness (QED) is 0.413. The maximum Gasteiger partial charge on any atom is 0.165 e. The van der Waals surface area contributed by atoms with Crippen LogP contribution in [0.15, 0.2) is 54.7 Å². The molecule has 0 spiro atoms. The summed E-state index contributed by atoms with van der Waals surface area (Å²) in [5.41, 5.74) is 5.63. The molecule has 0 bridgehead atoms. The molecular weight excluding hydrogens is 386 g/mol. The van der Waals surface area contributed by atoms with Gasteiger partial charge in [-0.2, -0.15) is 0 Å². The molecule has 1 N–H and O–H groups in total. The second-order valence-corrected chi connectivity index (χ2v) is 7.71. The molecule has 0 radical (unpaired) electrons. The molecule has 1 aromatic carbocycles. The third-order valence-electron chi connectivity index (χ3n) is 5.49. The zero-order valence-corrected chi connectivity index (χ0v) is 18.4. The molecule has 0 saturated carbocycles. The van der Waals surface area contributed by atoms with E-state index in [1.807, 2.05) is 31.2 Å². The van der Waals surface area contributed by atoms with Crippen molar-refractivity contribution >= 4 is 22.5 Å². The molecule has 3 aromatic heterocycles. The number of hydrogen-bond donors (Lipinski definition) is 1. The Morgan fingerprint density at radius 1 is 1.00 bits per heavy atom. The number of ether oxygens (including phenoxy) is 1. The molecule has 4 rings (SSSR count). The van der Waals surface area contributed by atoms with Crippen molar-refractivity contribution in [2.75, 3.05) is 12.4 Å². The fraction of sp³-hybridized carbons (Fsp3) is 0.280. The molecule has 0 aliphatic carbocycles. The van der Waals surface area contributed by atoms with Crippen LogP contribution in [-0.4, -0.2) is 27.0 Å². The lowest BCUT2D eigenvalue weighted by molar-refractivity contribution is 0.178. The van der Waals surface area contributed by atoms with E-state index in [0.717, 1.165) is 34.4 Å². The normalized spacial score (nSPS) is 12.1. The zero-order chi connectivity index (χ0) is 21.8. The third kappa shape index (κ3) is 4.54. The molecule has 0 saturated heterocycles. The van der Waals surface area contributed by atoms with E-state index in [2.05, 4.69) is 58.4 Å². The largest absolute Gasteiger partial charge is 0.377 e. The summed E-state index contributed by atoms with van der Waals surface area (Å²) in [6, 6.07) is 16.4. The molecule has 6 heteroatoms. The molecule has 0 fully saturated rings. The van der Waals surface area contributed by atoms with Gasteiger partial charge in [-0.25, -0.2) is 15.0 Å². The topological polar surface area (TPSA) is 72.8 Å². The second-order valence-electron chi connectivity index (χ2n) is 7.71. The van der Waals surface area contributed by atoms with Crippen molar-refractivity contribution in [3.05, 3.63) is 71.7 Å². The van der Waals surface area contributed by atoms with Gasteiger partial charge in [0, 0.05) is 19.0 Å². The highest BCUT2D eigenvalue weighted by molar-refractivity contribution is 5.90. The van der Waals surface area contributed by atoms with Crippen LogP contribution in [0.2, 0.25) is 0 Å². The minimum Gasteiger partial charge on any atom is -0.377 e. The van der Waals surface area contributed by atoms with Gasteiger partial charge in [-0.15, -0.1) is 0 Å². The fourth-order valence-electron chi connectivity index (χ4n) is 3.50. The van der Waals surface area contributed by atoms with Crippen LogP contribution in [0.4, 0.5) is 11.5 Å². The Morgan fingerprint density at radius 3 is 2.52 bits per heavy atom. The number of nitrogens with one attached hydrogen (secondary N) is 1. The van der Waals surface area contributed by atoms with Crippen molar-refractivity contribution in [1.82, 2.24) is 19.9 Å². The van der Waals surface area contributed by atoms with Gasteiger partial charge in [0.05, 0.1) is 16.8 Å². The molecule has 0 aliphatic heterocycles. The number of methoxy groups -OCH3 is 1. The summed E-state index contributed by atoms with van der Waals surface area (Å²) in [5.74, 6) is 1.83. The van der Waals surface area contributed by atoms with Gasteiger partial charge in [0.25, 0.3) is 0 Å². The number of aromatic nitrogens is 4. The third-order valence-corrected chi connectivity index (χ3v) is 5.49. The van der Waals surface area contributed by atoms with E-state index >= 15 is 0 Å². The number of benzene rings is 1. The first kappa shape index (κ1) is 20.9. The summed E-state index contributed by atoms with van der Waals surface area (Å²) < 4.78 is 5.28. The van der Waals surface area contributed by atoms with Gasteiger partial charge in [0.2, 0.25) is 0 Å². The fourth-order valence-corrected chi connectivity index (χ4v) is 3.50. The highest BCUT2D eigenvalue weighted by atomic mass is 16.5. The number of nitrogens with zero attached hydrogens (tertiary/aromatic N) is 4.